The number of carbonyl (C=O) groups excluding carboxylic acids is 1. The van der Waals surface area contributed by atoms with Crippen LogP contribution in [-0.2, 0) is 21.5 Å². The Labute approximate surface area is 204 Å². The molecule has 0 spiro atoms. The molecule has 1 saturated heterocycles. The van der Waals surface area contributed by atoms with Crippen LogP contribution in [0.5, 0.6) is 0 Å². The van der Waals surface area contributed by atoms with Gasteiger partial charge >= 0.3 is 6.09 Å². The average Bonchev–Trinajstić information content (AvgIpc) is 3.20. The Kier molecular flexibility index (Phi) is 8.68. The fourth-order valence-corrected chi connectivity index (χ4v) is 4.33. The molecule has 1 amide bonds. The summed E-state index contributed by atoms with van der Waals surface area (Å²) in [6.45, 7) is 2.69. The van der Waals surface area contributed by atoms with E-state index in [9.17, 15) is 13.2 Å². The van der Waals surface area contributed by atoms with Crippen molar-refractivity contribution >= 4 is 27.8 Å². The van der Waals surface area contributed by atoms with Gasteiger partial charge in [0.15, 0.2) is 0 Å². The summed E-state index contributed by atoms with van der Waals surface area (Å²) in [6, 6.07) is 22.8. The number of hydrogen-bond donors (Lipinski definition) is 2. The van der Waals surface area contributed by atoms with Crippen molar-refractivity contribution in [3.8, 4) is 0 Å². The molecule has 1 aliphatic rings. The topological polar surface area (TPSA) is 110 Å². The van der Waals surface area contributed by atoms with Crippen LogP contribution in [0.3, 0.4) is 0 Å². The molecule has 0 radical (unpaired) electrons. The minimum atomic E-state index is -4.02. The van der Waals surface area contributed by atoms with Crippen molar-refractivity contribution in [2.45, 2.75) is 36.9 Å². The molecule has 0 aromatic heterocycles. The fraction of sp³-hybridized carbons (Fsp3) is 0.240. The van der Waals surface area contributed by atoms with Crippen LogP contribution in [0.15, 0.2) is 83.8 Å². The third kappa shape index (κ3) is 7.04. The van der Waals surface area contributed by atoms with Crippen LogP contribution in [0, 0.1) is 6.92 Å². The summed E-state index contributed by atoms with van der Waals surface area (Å²) in [5, 5.41) is 0.638. The Hall–Kier alpha value is -2.91. The van der Waals surface area contributed by atoms with E-state index in [0.717, 1.165) is 23.1 Å². The third-order valence-electron chi connectivity index (χ3n) is 5.39. The summed E-state index contributed by atoms with van der Waals surface area (Å²) < 4.78 is 35.0. The molecule has 2 atom stereocenters. The molecule has 0 saturated carbocycles. The van der Waals surface area contributed by atoms with Crippen molar-refractivity contribution in [1.82, 2.24) is 4.90 Å². The maximum Gasteiger partial charge on any atom is 0.410 e. The normalized spacial score (nSPS) is 17.6. The van der Waals surface area contributed by atoms with Crippen molar-refractivity contribution in [3.63, 3.8) is 0 Å². The lowest BCUT2D eigenvalue weighted by Gasteiger charge is -2.26. The van der Waals surface area contributed by atoms with Crippen LogP contribution in [0.1, 0.15) is 29.2 Å². The molecule has 1 heterocycles. The third-order valence-corrected chi connectivity index (χ3v) is 6.50. The summed E-state index contributed by atoms with van der Waals surface area (Å²) in [5.41, 5.74) is 9.07. The molecular weight excluding hydrogens is 476 g/mol. The van der Waals surface area contributed by atoms with E-state index in [-0.39, 0.29) is 29.7 Å². The lowest BCUT2D eigenvalue weighted by molar-refractivity contribution is 0.0908. The summed E-state index contributed by atoms with van der Waals surface area (Å²) in [5.74, 6) is 0. The molecule has 3 N–H and O–H groups in total. The van der Waals surface area contributed by atoms with Crippen molar-refractivity contribution in [2.75, 3.05) is 6.54 Å². The number of amides is 1. The number of hydrogen-bond acceptors (Lipinski definition) is 5. The van der Waals surface area contributed by atoms with Gasteiger partial charge in [0.25, 0.3) is 10.1 Å². The summed E-state index contributed by atoms with van der Waals surface area (Å²) in [7, 11) is -4.02. The van der Waals surface area contributed by atoms with E-state index in [2.05, 4.69) is 0 Å². The van der Waals surface area contributed by atoms with Gasteiger partial charge in [0.1, 0.15) is 6.61 Å². The molecule has 3 aromatic rings. The molecule has 0 aliphatic carbocycles. The van der Waals surface area contributed by atoms with Crippen molar-refractivity contribution in [2.24, 2.45) is 5.73 Å². The molecule has 1 fully saturated rings. The molecular formula is C25H27ClN2O5S. The van der Waals surface area contributed by atoms with Crippen molar-refractivity contribution < 1.29 is 22.5 Å². The summed E-state index contributed by atoms with van der Waals surface area (Å²) >= 11 is 6.06. The van der Waals surface area contributed by atoms with Gasteiger partial charge in [-0.25, -0.2) is 4.79 Å². The minimum absolute atomic E-state index is 0.0666. The molecule has 2 unspecified atom stereocenters. The molecule has 9 heteroatoms. The first kappa shape index (κ1) is 25.7. The van der Waals surface area contributed by atoms with E-state index in [1.165, 1.54) is 12.1 Å². The highest BCUT2D eigenvalue weighted by Gasteiger charge is 2.37. The smallest absolute Gasteiger partial charge is 0.410 e. The van der Waals surface area contributed by atoms with Crippen LogP contribution >= 0.6 is 11.6 Å². The van der Waals surface area contributed by atoms with Gasteiger partial charge in [-0.2, -0.15) is 8.42 Å². The second kappa shape index (κ2) is 11.5. The standard InChI is InChI=1S/C18H19ClN2O2.C7H8O3S/c19-15-8-4-7-14(11-15)17-16(20)9-10-21(17)18(22)23-12-13-5-2-1-3-6-13;1-6-2-4-7(5-3-6)11(8,9)10/h1-8,11,16-17H,9-10,12,20H2;2-5H,1H3,(H,8,9,10). The highest BCUT2D eigenvalue weighted by Crippen LogP contribution is 2.33. The van der Waals surface area contributed by atoms with Gasteiger partial charge in [-0.05, 0) is 48.7 Å². The predicted molar refractivity (Wildman–Crippen MR) is 131 cm³/mol. The highest BCUT2D eigenvalue weighted by molar-refractivity contribution is 7.85. The van der Waals surface area contributed by atoms with Crippen LogP contribution < -0.4 is 5.73 Å². The quantitative estimate of drug-likeness (QED) is 0.486. The second-order valence-electron chi connectivity index (χ2n) is 7.97. The van der Waals surface area contributed by atoms with Gasteiger partial charge in [-0.15, -0.1) is 0 Å². The zero-order valence-corrected chi connectivity index (χ0v) is 20.2. The van der Waals surface area contributed by atoms with Gasteiger partial charge in [0, 0.05) is 17.6 Å². The maximum absolute atomic E-state index is 12.4. The molecule has 7 nitrogen and oxygen atoms in total. The molecule has 180 valence electrons. The number of likely N-dealkylation sites (tertiary alicyclic amines) is 1. The van der Waals surface area contributed by atoms with Gasteiger partial charge in [0.2, 0.25) is 0 Å². The number of nitrogens with two attached hydrogens (primary N) is 1. The van der Waals surface area contributed by atoms with E-state index in [1.54, 1.807) is 17.0 Å². The SMILES string of the molecule is Cc1ccc(S(=O)(=O)O)cc1.NC1CCN(C(=O)OCc2ccccc2)C1c1cccc(Cl)c1. The molecule has 0 bridgehead atoms. The number of aryl methyl sites for hydroxylation is 1. The number of halogens is 1. The summed E-state index contributed by atoms with van der Waals surface area (Å²) in [6.07, 6.45) is 0.407. The minimum Gasteiger partial charge on any atom is -0.445 e. The lowest BCUT2D eigenvalue weighted by atomic mass is 10.0. The number of ether oxygens (including phenoxy) is 1. The largest absolute Gasteiger partial charge is 0.445 e. The number of nitrogens with zero attached hydrogens (tertiary/aromatic N) is 1. The molecule has 34 heavy (non-hydrogen) atoms. The van der Waals surface area contributed by atoms with E-state index < -0.39 is 10.1 Å². The Morgan fingerprint density at radius 1 is 1.09 bits per heavy atom. The number of rotatable bonds is 4. The van der Waals surface area contributed by atoms with Gasteiger partial charge in [-0.3, -0.25) is 9.45 Å². The fourth-order valence-electron chi connectivity index (χ4n) is 3.65. The van der Waals surface area contributed by atoms with Gasteiger partial charge in [-0.1, -0.05) is 71.8 Å². The first-order valence-corrected chi connectivity index (χ1v) is 12.5. The number of carbonyl (C=O) groups is 1. The Morgan fingerprint density at radius 2 is 1.76 bits per heavy atom. The number of benzene rings is 3. The van der Waals surface area contributed by atoms with E-state index in [4.69, 9.17) is 26.6 Å². The van der Waals surface area contributed by atoms with Crippen LogP contribution in [-0.4, -0.2) is 36.6 Å². The van der Waals surface area contributed by atoms with E-state index >= 15 is 0 Å². The van der Waals surface area contributed by atoms with Crippen LogP contribution in [0.2, 0.25) is 5.02 Å². The first-order chi connectivity index (χ1) is 16.1. The maximum atomic E-state index is 12.4. The molecule has 4 rings (SSSR count). The Bertz CT molecular complexity index is 1200. The van der Waals surface area contributed by atoms with Crippen molar-refractivity contribution in [1.29, 1.82) is 0 Å². The zero-order valence-electron chi connectivity index (χ0n) is 18.7. The zero-order chi connectivity index (χ0) is 24.7. The Balaban J connectivity index is 0.000000248. The monoisotopic (exact) mass is 502 g/mol. The summed E-state index contributed by atoms with van der Waals surface area (Å²) in [4.78, 5) is 14.1. The lowest BCUT2D eigenvalue weighted by Crippen LogP contribution is -2.36. The average molecular weight is 503 g/mol. The first-order valence-electron chi connectivity index (χ1n) is 10.7. The van der Waals surface area contributed by atoms with Gasteiger partial charge < -0.3 is 10.5 Å². The van der Waals surface area contributed by atoms with Crippen molar-refractivity contribution in [3.05, 3.63) is 101 Å². The van der Waals surface area contributed by atoms with Gasteiger partial charge in [0.05, 0.1) is 10.9 Å². The van der Waals surface area contributed by atoms with Crippen LogP contribution in [0.4, 0.5) is 4.79 Å². The van der Waals surface area contributed by atoms with Crippen LogP contribution in [0.25, 0.3) is 0 Å². The van der Waals surface area contributed by atoms with E-state index in [0.29, 0.717) is 11.6 Å². The molecule has 3 aromatic carbocycles. The Morgan fingerprint density at radius 3 is 2.38 bits per heavy atom. The predicted octanol–water partition coefficient (Wildman–Crippen LogP) is 4.99. The van der Waals surface area contributed by atoms with E-state index in [1.807, 2.05) is 61.5 Å². The highest BCUT2D eigenvalue weighted by atomic mass is 35.5. The second-order valence-corrected chi connectivity index (χ2v) is 9.83. The molecule has 1 aliphatic heterocycles.